The molecule has 1 aliphatic rings. The van der Waals surface area contributed by atoms with Crippen LogP contribution in [0.1, 0.15) is 23.0 Å². The third kappa shape index (κ3) is 2.52. The number of aromatic amines is 1. The Bertz CT molecular complexity index is 887. The average Bonchev–Trinajstić information content (AvgIpc) is 3.33. The number of aromatic nitrogens is 2. The molecule has 0 fully saturated rings. The number of thiophene rings is 1. The maximum Gasteiger partial charge on any atom is 0.255 e. The van der Waals surface area contributed by atoms with Crippen LogP contribution in [0.4, 0.5) is 5.69 Å². The van der Waals surface area contributed by atoms with Crippen LogP contribution in [0.3, 0.4) is 0 Å². The zero-order valence-electron chi connectivity index (χ0n) is 13.0. The van der Waals surface area contributed by atoms with Crippen LogP contribution in [-0.2, 0) is 6.42 Å². The Hall–Kier alpha value is -2.80. The summed E-state index contributed by atoms with van der Waals surface area (Å²) < 4.78 is 10.6. The molecular formula is C17H15N3O3S. The third-order valence-corrected chi connectivity index (χ3v) is 4.55. The number of H-pyrrole nitrogens is 1. The smallest absolute Gasteiger partial charge is 0.255 e. The Kier molecular flexibility index (Phi) is 3.70. The monoisotopic (exact) mass is 341 g/mol. The van der Waals surface area contributed by atoms with Gasteiger partial charge >= 0.3 is 0 Å². The molecule has 3 heterocycles. The van der Waals surface area contributed by atoms with Gasteiger partial charge in [-0.15, -0.1) is 0 Å². The molecule has 0 spiro atoms. The lowest BCUT2D eigenvalue weighted by Crippen LogP contribution is -2.13. The Balaban J connectivity index is 1.65. The summed E-state index contributed by atoms with van der Waals surface area (Å²) in [6.07, 6.45) is 0.744. The van der Waals surface area contributed by atoms with Gasteiger partial charge in [-0.1, -0.05) is 6.92 Å². The van der Waals surface area contributed by atoms with E-state index >= 15 is 0 Å². The number of aryl methyl sites for hydroxylation is 1. The van der Waals surface area contributed by atoms with Gasteiger partial charge in [0.2, 0.25) is 6.79 Å². The fraction of sp³-hybridized carbons (Fsp3) is 0.176. The van der Waals surface area contributed by atoms with Crippen LogP contribution in [0.15, 0.2) is 35.0 Å². The summed E-state index contributed by atoms with van der Waals surface area (Å²) in [6, 6.07) is 7.14. The van der Waals surface area contributed by atoms with Gasteiger partial charge in [0.25, 0.3) is 5.91 Å². The molecule has 0 aliphatic carbocycles. The zero-order valence-corrected chi connectivity index (χ0v) is 13.8. The Morgan fingerprint density at radius 2 is 2.21 bits per heavy atom. The first-order valence-corrected chi connectivity index (χ1v) is 8.51. The first kappa shape index (κ1) is 14.8. The van der Waals surface area contributed by atoms with Gasteiger partial charge in [0.1, 0.15) is 5.69 Å². The molecule has 2 N–H and O–H groups in total. The predicted octanol–water partition coefficient (Wildman–Crippen LogP) is 3.68. The van der Waals surface area contributed by atoms with Crippen LogP contribution in [0.25, 0.3) is 11.3 Å². The van der Waals surface area contributed by atoms with E-state index in [1.165, 1.54) is 0 Å². The number of rotatable bonds is 4. The maximum absolute atomic E-state index is 12.7. The minimum Gasteiger partial charge on any atom is -0.454 e. The van der Waals surface area contributed by atoms with Crippen molar-refractivity contribution in [3.8, 4) is 22.8 Å². The maximum atomic E-state index is 12.7. The summed E-state index contributed by atoms with van der Waals surface area (Å²) >= 11 is 1.59. The standard InChI is InChI=1S/C17H15N3O3S/c1-2-12-16(15(20-19-12)11-5-6-24-8-11)18-17(21)10-3-4-13-14(7-10)23-9-22-13/h3-8H,2,9H2,1H3,(H,18,21)(H,19,20). The molecular weight excluding hydrogens is 326 g/mol. The Labute approximate surface area is 142 Å². The molecule has 3 aromatic rings. The number of ether oxygens (including phenoxy) is 2. The molecule has 4 rings (SSSR count). The second-order valence-corrected chi connectivity index (χ2v) is 6.09. The second kappa shape index (κ2) is 6.01. The van der Waals surface area contributed by atoms with Crippen LogP contribution in [0.5, 0.6) is 11.5 Å². The number of fused-ring (bicyclic) bond motifs is 1. The van der Waals surface area contributed by atoms with Crippen LogP contribution < -0.4 is 14.8 Å². The lowest BCUT2D eigenvalue weighted by atomic mass is 10.1. The highest BCUT2D eigenvalue weighted by Gasteiger charge is 2.20. The average molecular weight is 341 g/mol. The van der Waals surface area contributed by atoms with Crippen LogP contribution in [-0.4, -0.2) is 22.9 Å². The molecule has 1 aliphatic heterocycles. The van der Waals surface area contributed by atoms with Gasteiger partial charge in [0.05, 0.1) is 11.4 Å². The number of hydrogen-bond donors (Lipinski definition) is 2. The van der Waals surface area contributed by atoms with Crippen molar-refractivity contribution in [1.82, 2.24) is 10.2 Å². The fourth-order valence-corrected chi connectivity index (χ4v) is 3.24. The van der Waals surface area contributed by atoms with Crippen molar-refractivity contribution in [3.05, 3.63) is 46.3 Å². The Morgan fingerprint density at radius 3 is 3.00 bits per heavy atom. The highest BCUT2D eigenvalue weighted by Crippen LogP contribution is 2.34. The quantitative estimate of drug-likeness (QED) is 0.759. The summed E-state index contributed by atoms with van der Waals surface area (Å²) in [5.74, 6) is 1.03. The predicted molar refractivity (Wildman–Crippen MR) is 91.8 cm³/mol. The summed E-state index contributed by atoms with van der Waals surface area (Å²) in [5.41, 5.74) is 3.86. The molecule has 24 heavy (non-hydrogen) atoms. The first-order valence-electron chi connectivity index (χ1n) is 7.57. The molecule has 0 saturated heterocycles. The van der Waals surface area contributed by atoms with E-state index in [1.807, 2.05) is 23.8 Å². The topological polar surface area (TPSA) is 76.2 Å². The molecule has 7 heteroatoms. The van der Waals surface area contributed by atoms with E-state index in [9.17, 15) is 4.79 Å². The normalized spacial score (nSPS) is 12.4. The van der Waals surface area contributed by atoms with Crippen molar-refractivity contribution in [2.24, 2.45) is 0 Å². The summed E-state index contributed by atoms with van der Waals surface area (Å²) in [5, 5.41) is 14.3. The number of anilines is 1. The summed E-state index contributed by atoms with van der Waals surface area (Å²) in [7, 11) is 0. The number of carbonyl (C=O) groups excluding carboxylic acids is 1. The van der Waals surface area contributed by atoms with Gasteiger partial charge in [-0.3, -0.25) is 9.89 Å². The van der Waals surface area contributed by atoms with E-state index < -0.39 is 0 Å². The third-order valence-electron chi connectivity index (χ3n) is 3.86. The van der Waals surface area contributed by atoms with Gasteiger partial charge in [0, 0.05) is 16.5 Å². The molecule has 0 saturated carbocycles. The van der Waals surface area contributed by atoms with Crippen LogP contribution >= 0.6 is 11.3 Å². The summed E-state index contributed by atoms with van der Waals surface area (Å²) in [6.45, 7) is 2.20. The van der Waals surface area contributed by atoms with E-state index in [1.54, 1.807) is 29.5 Å². The van der Waals surface area contributed by atoms with Crippen molar-refractivity contribution in [2.45, 2.75) is 13.3 Å². The second-order valence-electron chi connectivity index (χ2n) is 5.31. The van der Waals surface area contributed by atoms with Gasteiger partial charge in [-0.2, -0.15) is 16.4 Å². The van der Waals surface area contributed by atoms with Gasteiger partial charge in [-0.25, -0.2) is 0 Å². The lowest BCUT2D eigenvalue weighted by molar-refractivity contribution is 0.102. The number of hydrogen-bond acceptors (Lipinski definition) is 5. The fourth-order valence-electron chi connectivity index (χ4n) is 2.60. The summed E-state index contributed by atoms with van der Waals surface area (Å²) in [4.78, 5) is 12.7. The molecule has 1 aromatic carbocycles. The van der Waals surface area contributed by atoms with E-state index in [2.05, 4.69) is 15.5 Å². The lowest BCUT2D eigenvalue weighted by Gasteiger charge is -2.08. The number of nitrogens with one attached hydrogen (secondary N) is 2. The minimum atomic E-state index is -0.208. The van der Waals surface area contributed by atoms with Crippen molar-refractivity contribution in [2.75, 3.05) is 12.1 Å². The van der Waals surface area contributed by atoms with Crippen molar-refractivity contribution < 1.29 is 14.3 Å². The van der Waals surface area contributed by atoms with Crippen LogP contribution in [0.2, 0.25) is 0 Å². The number of nitrogens with zero attached hydrogens (tertiary/aromatic N) is 1. The largest absolute Gasteiger partial charge is 0.454 e. The molecule has 122 valence electrons. The number of amides is 1. The minimum absolute atomic E-state index is 0.185. The molecule has 1 amide bonds. The van der Waals surface area contributed by atoms with Crippen molar-refractivity contribution in [1.29, 1.82) is 0 Å². The molecule has 0 radical (unpaired) electrons. The SMILES string of the molecule is CCc1[nH]nc(-c2ccsc2)c1NC(=O)c1ccc2c(c1)OCO2. The van der Waals surface area contributed by atoms with Gasteiger partial charge < -0.3 is 14.8 Å². The Morgan fingerprint density at radius 1 is 1.33 bits per heavy atom. The highest BCUT2D eigenvalue weighted by atomic mass is 32.1. The molecule has 0 atom stereocenters. The number of benzene rings is 1. The van der Waals surface area contributed by atoms with Gasteiger partial charge in [-0.05, 0) is 36.1 Å². The first-order chi connectivity index (χ1) is 11.8. The van der Waals surface area contributed by atoms with E-state index in [0.717, 1.165) is 29.1 Å². The van der Waals surface area contributed by atoms with Crippen molar-refractivity contribution in [3.63, 3.8) is 0 Å². The molecule has 6 nitrogen and oxygen atoms in total. The van der Waals surface area contributed by atoms with E-state index in [0.29, 0.717) is 17.1 Å². The van der Waals surface area contributed by atoms with Gasteiger partial charge in [0.15, 0.2) is 11.5 Å². The van der Waals surface area contributed by atoms with Crippen molar-refractivity contribution >= 4 is 22.9 Å². The zero-order chi connectivity index (χ0) is 16.5. The van der Waals surface area contributed by atoms with Crippen LogP contribution in [0, 0.1) is 0 Å². The molecule has 0 unspecified atom stereocenters. The molecule has 2 aromatic heterocycles. The highest BCUT2D eigenvalue weighted by molar-refractivity contribution is 7.08. The molecule has 0 bridgehead atoms. The number of carbonyl (C=O) groups is 1. The van der Waals surface area contributed by atoms with E-state index in [-0.39, 0.29) is 12.7 Å². The van der Waals surface area contributed by atoms with E-state index in [4.69, 9.17) is 9.47 Å².